The Labute approximate surface area is 127 Å². The van der Waals surface area contributed by atoms with Gasteiger partial charge in [-0.1, -0.05) is 12.1 Å². The molecule has 6 heteroatoms. The minimum Gasteiger partial charge on any atom is -0.497 e. The summed E-state index contributed by atoms with van der Waals surface area (Å²) in [6, 6.07) is 13.0. The molecular weight excluding hydrogens is 284 g/mol. The Bertz CT molecular complexity index is 651. The van der Waals surface area contributed by atoms with Crippen molar-refractivity contribution in [2.75, 3.05) is 12.4 Å². The zero-order valence-electron chi connectivity index (χ0n) is 12.0. The molecule has 22 heavy (non-hydrogen) atoms. The van der Waals surface area contributed by atoms with Gasteiger partial charge < -0.3 is 20.5 Å². The van der Waals surface area contributed by atoms with Crippen LogP contribution < -0.4 is 15.4 Å². The monoisotopic (exact) mass is 300 g/mol. The smallest absolute Gasteiger partial charge is 0.335 e. The zero-order chi connectivity index (χ0) is 15.9. The van der Waals surface area contributed by atoms with Crippen LogP contribution in [0.4, 0.5) is 10.5 Å². The first-order valence-corrected chi connectivity index (χ1v) is 6.59. The number of anilines is 1. The SMILES string of the molecule is COc1ccc(NC(=O)NCc2ccc(C(=O)O)cc2)cc1. The molecule has 0 bridgehead atoms. The van der Waals surface area contributed by atoms with E-state index in [2.05, 4.69) is 10.6 Å². The van der Waals surface area contributed by atoms with Crippen LogP contribution in [0.15, 0.2) is 48.5 Å². The molecule has 0 aliphatic rings. The predicted octanol–water partition coefficient (Wildman–Crippen LogP) is 2.72. The largest absolute Gasteiger partial charge is 0.497 e. The molecule has 0 saturated heterocycles. The van der Waals surface area contributed by atoms with Crippen LogP contribution >= 0.6 is 0 Å². The van der Waals surface area contributed by atoms with Crippen molar-refractivity contribution in [2.45, 2.75) is 6.54 Å². The van der Waals surface area contributed by atoms with E-state index in [0.717, 1.165) is 5.56 Å². The number of rotatable bonds is 5. The number of benzene rings is 2. The number of methoxy groups -OCH3 is 1. The molecule has 0 unspecified atom stereocenters. The first-order valence-electron chi connectivity index (χ1n) is 6.59. The molecule has 0 aliphatic carbocycles. The van der Waals surface area contributed by atoms with Gasteiger partial charge in [0.2, 0.25) is 0 Å². The minimum atomic E-state index is -0.975. The number of carboxylic acid groups (broad SMARTS) is 1. The highest BCUT2D eigenvalue weighted by atomic mass is 16.5. The van der Waals surface area contributed by atoms with E-state index in [1.165, 1.54) is 12.1 Å². The van der Waals surface area contributed by atoms with Crippen molar-refractivity contribution in [1.82, 2.24) is 5.32 Å². The first-order chi connectivity index (χ1) is 10.6. The Morgan fingerprint density at radius 3 is 2.23 bits per heavy atom. The van der Waals surface area contributed by atoms with Crippen molar-refractivity contribution < 1.29 is 19.4 Å². The van der Waals surface area contributed by atoms with Crippen LogP contribution in [0.5, 0.6) is 5.75 Å². The molecule has 0 saturated carbocycles. The minimum absolute atomic E-state index is 0.214. The third-order valence-corrected chi connectivity index (χ3v) is 3.00. The number of carbonyl (C=O) groups is 2. The van der Waals surface area contributed by atoms with Crippen molar-refractivity contribution in [3.8, 4) is 5.75 Å². The average molecular weight is 300 g/mol. The van der Waals surface area contributed by atoms with Gasteiger partial charge >= 0.3 is 12.0 Å². The lowest BCUT2D eigenvalue weighted by Crippen LogP contribution is -2.28. The summed E-state index contributed by atoms with van der Waals surface area (Å²) in [6.07, 6.45) is 0. The van der Waals surface area contributed by atoms with Crippen molar-refractivity contribution in [3.05, 3.63) is 59.7 Å². The van der Waals surface area contributed by atoms with Crippen LogP contribution in [-0.4, -0.2) is 24.2 Å². The summed E-state index contributed by atoms with van der Waals surface area (Å²) in [7, 11) is 1.57. The number of hydrogen-bond acceptors (Lipinski definition) is 3. The standard InChI is InChI=1S/C16H16N2O4/c1-22-14-8-6-13(7-9-14)18-16(21)17-10-11-2-4-12(5-3-11)15(19)20/h2-9H,10H2,1H3,(H,19,20)(H2,17,18,21). The summed E-state index contributed by atoms with van der Waals surface area (Å²) >= 11 is 0. The van der Waals surface area contributed by atoms with Crippen LogP contribution in [-0.2, 0) is 6.54 Å². The average Bonchev–Trinajstić information content (AvgIpc) is 2.54. The van der Waals surface area contributed by atoms with Crippen LogP contribution in [0.3, 0.4) is 0 Å². The van der Waals surface area contributed by atoms with Crippen molar-refractivity contribution >= 4 is 17.7 Å². The van der Waals surface area contributed by atoms with Gasteiger partial charge in [0.05, 0.1) is 12.7 Å². The Morgan fingerprint density at radius 2 is 1.68 bits per heavy atom. The van der Waals surface area contributed by atoms with Gasteiger partial charge in [-0.05, 0) is 42.0 Å². The molecule has 2 aromatic carbocycles. The lowest BCUT2D eigenvalue weighted by Gasteiger charge is -2.08. The number of carbonyl (C=O) groups excluding carboxylic acids is 1. The fourth-order valence-corrected chi connectivity index (χ4v) is 1.80. The number of amides is 2. The predicted molar refractivity (Wildman–Crippen MR) is 82.3 cm³/mol. The second-order valence-electron chi connectivity index (χ2n) is 4.54. The van der Waals surface area contributed by atoms with Gasteiger partial charge in [-0.25, -0.2) is 9.59 Å². The van der Waals surface area contributed by atoms with E-state index in [0.29, 0.717) is 18.0 Å². The number of ether oxygens (including phenoxy) is 1. The van der Waals surface area contributed by atoms with E-state index in [1.807, 2.05) is 0 Å². The van der Waals surface area contributed by atoms with Crippen molar-refractivity contribution in [3.63, 3.8) is 0 Å². The molecule has 114 valence electrons. The zero-order valence-corrected chi connectivity index (χ0v) is 12.0. The second-order valence-corrected chi connectivity index (χ2v) is 4.54. The molecule has 2 amide bonds. The van der Waals surface area contributed by atoms with Gasteiger partial charge in [-0.3, -0.25) is 0 Å². The quantitative estimate of drug-likeness (QED) is 0.792. The van der Waals surface area contributed by atoms with Gasteiger partial charge in [-0.15, -0.1) is 0 Å². The number of nitrogens with one attached hydrogen (secondary N) is 2. The summed E-state index contributed by atoms with van der Waals surface area (Å²) in [5.41, 5.74) is 1.68. The topological polar surface area (TPSA) is 87.7 Å². The molecule has 3 N–H and O–H groups in total. The number of aromatic carboxylic acids is 1. The maximum Gasteiger partial charge on any atom is 0.335 e. The molecule has 2 aromatic rings. The second kappa shape index (κ2) is 7.12. The molecule has 0 fully saturated rings. The van der Waals surface area contributed by atoms with Crippen LogP contribution in [0, 0.1) is 0 Å². The van der Waals surface area contributed by atoms with Crippen LogP contribution in [0.2, 0.25) is 0 Å². The lowest BCUT2D eigenvalue weighted by atomic mass is 10.1. The molecule has 0 aliphatic heterocycles. The third kappa shape index (κ3) is 4.24. The Morgan fingerprint density at radius 1 is 1.05 bits per heavy atom. The first kappa shape index (κ1) is 15.4. The van der Waals surface area contributed by atoms with E-state index in [4.69, 9.17) is 9.84 Å². The fourth-order valence-electron chi connectivity index (χ4n) is 1.80. The summed E-state index contributed by atoms with van der Waals surface area (Å²) < 4.78 is 5.04. The molecule has 0 atom stereocenters. The number of hydrogen-bond donors (Lipinski definition) is 3. The van der Waals surface area contributed by atoms with E-state index >= 15 is 0 Å². The van der Waals surface area contributed by atoms with E-state index < -0.39 is 5.97 Å². The van der Waals surface area contributed by atoms with E-state index in [9.17, 15) is 9.59 Å². The number of urea groups is 1. The van der Waals surface area contributed by atoms with Crippen LogP contribution in [0.25, 0.3) is 0 Å². The van der Waals surface area contributed by atoms with Crippen molar-refractivity contribution in [1.29, 1.82) is 0 Å². The van der Waals surface area contributed by atoms with Gasteiger partial charge in [0, 0.05) is 12.2 Å². The number of carboxylic acids is 1. The van der Waals surface area contributed by atoms with Gasteiger partial charge in [0.25, 0.3) is 0 Å². The highest BCUT2D eigenvalue weighted by Crippen LogP contribution is 2.14. The maximum atomic E-state index is 11.8. The molecular formula is C16H16N2O4. The van der Waals surface area contributed by atoms with E-state index in [-0.39, 0.29) is 11.6 Å². The Balaban J connectivity index is 1.85. The van der Waals surface area contributed by atoms with E-state index in [1.54, 1.807) is 43.5 Å². The fraction of sp³-hybridized carbons (Fsp3) is 0.125. The summed E-state index contributed by atoms with van der Waals surface area (Å²) in [5, 5.41) is 14.2. The third-order valence-electron chi connectivity index (χ3n) is 3.00. The molecule has 0 heterocycles. The normalized spacial score (nSPS) is 9.86. The Hall–Kier alpha value is -3.02. The summed E-state index contributed by atoms with van der Waals surface area (Å²) in [5.74, 6) is -0.263. The molecule has 2 rings (SSSR count). The molecule has 0 spiro atoms. The van der Waals surface area contributed by atoms with Gasteiger partial charge in [0.15, 0.2) is 0 Å². The highest BCUT2D eigenvalue weighted by Gasteiger charge is 2.04. The molecule has 6 nitrogen and oxygen atoms in total. The van der Waals surface area contributed by atoms with Crippen molar-refractivity contribution in [2.24, 2.45) is 0 Å². The summed E-state index contributed by atoms with van der Waals surface area (Å²) in [6.45, 7) is 0.307. The summed E-state index contributed by atoms with van der Waals surface area (Å²) in [4.78, 5) is 22.5. The highest BCUT2D eigenvalue weighted by molar-refractivity contribution is 5.89. The van der Waals surface area contributed by atoms with Gasteiger partial charge in [0.1, 0.15) is 5.75 Å². The van der Waals surface area contributed by atoms with Crippen LogP contribution in [0.1, 0.15) is 15.9 Å². The maximum absolute atomic E-state index is 11.8. The molecule has 0 radical (unpaired) electrons. The Kier molecular flexibility index (Phi) is 4.98. The lowest BCUT2D eigenvalue weighted by molar-refractivity contribution is 0.0697. The molecule has 0 aromatic heterocycles. The van der Waals surface area contributed by atoms with Gasteiger partial charge in [-0.2, -0.15) is 0 Å².